The van der Waals surface area contributed by atoms with Crippen LogP contribution in [0.5, 0.6) is 0 Å². The van der Waals surface area contributed by atoms with Gasteiger partial charge in [0, 0.05) is 31.8 Å². The second kappa shape index (κ2) is 8.42. The van der Waals surface area contributed by atoms with Crippen LogP contribution in [0.25, 0.3) is 0 Å². The van der Waals surface area contributed by atoms with Crippen LogP contribution < -0.4 is 5.73 Å². The summed E-state index contributed by atoms with van der Waals surface area (Å²) in [5.41, 5.74) is 7.61. The lowest BCUT2D eigenvalue weighted by atomic mass is 10.1. The molecule has 1 aromatic carbocycles. The Labute approximate surface area is 125 Å². The van der Waals surface area contributed by atoms with Gasteiger partial charge in [0.2, 0.25) is 0 Å². The molecule has 3 N–H and O–H groups in total. The summed E-state index contributed by atoms with van der Waals surface area (Å²) in [6, 6.07) is 5.44. The first-order valence-corrected chi connectivity index (χ1v) is 6.71. The van der Waals surface area contributed by atoms with Crippen LogP contribution in [-0.4, -0.2) is 55.9 Å². The van der Waals surface area contributed by atoms with Crippen molar-refractivity contribution in [3.05, 3.63) is 34.9 Å². The Bertz CT molecular complexity index is 546. The summed E-state index contributed by atoms with van der Waals surface area (Å²) in [5.74, 6) is 5.54. The van der Waals surface area contributed by atoms with Gasteiger partial charge in [0.1, 0.15) is 0 Å². The van der Waals surface area contributed by atoms with Gasteiger partial charge in [-0.1, -0.05) is 11.8 Å². The fraction of sp³-hybridized carbons (Fsp3) is 0.438. The number of carbonyl (C=O) groups excluding carboxylic acids is 1. The molecule has 1 unspecified atom stereocenters. The number of carbonyl (C=O) groups is 1. The van der Waals surface area contributed by atoms with Gasteiger partial charge in [-0.25, -0.2) is 0 Å². The van der Waals surface area contributed by atoms with Crippen molar-refractivity contribution in [1.29, 1.82) is 0 Å². The standard InChI is InChI=1S/C16H22N2O3/c1-12-7-13(5-4-6-17)9-14(8-12)16(20)18(2)10-15(19)11-21-3/h7-9,15,19H,6,10-11,17H2,1-3H3. The number of aliphatic hydroxyl groups excluding tert-OH is 1. The molecule has 114 valence electrons. The lowest BCUT2D eigenvalue weighted by Gasteiger charge is -2.20. The van der Waals surface area contributed by atoms with Crippen LogP contribution in [-0.2, 0) is 4.74 Å². The number of aryl methyl sites for hydroxylation is 1. The fourth-order valence-corrected chi connectivity index (χ4v) is 2.00. The van der Waals surface area contributed by atoms with Crippen LogP contribution >= 0.6 is 0 Å². The SMILES string of the molecule is COCC(O)CN(C)C(=O)c1cc(C)cc(C#CCN)c1. The number of hydrogen-bond acceptors (Lipinski definition) is 4. The molecule has 1 rings (SSSR count). The normalized spacial score (nSPS) is 11.5. The number of nitrogens with zero attached hydrogens (tertiary/aromatic N) is 1. The highest BCUT2D eigenvalue weighted by atomic mass is 16.5. The highest BCUT2D eigenvalue weighted by Crippen LogP contribution is 2.11. The summed E-state index contributed by atoms with van der Waals surface area (Å²) < 4.78 is 4.85. The molecule has 21 heavy (non-hydrogen) atoms. The third-order valence-corrected chi connectivity index (χ3v) is 2.85. The van der Waals surface area contributed by atoms with Crippen molar-refractivity contribution < 1.29 is 14.6 Å². The Kier molecular flexibility index (Phi) is 6.89. The smallest absolute Gasteiger partial charge is 0.253 e. The molecule has 0 bridgehead atoms. The second-order valence-electron chi connectivity index (χ2n) is 4.89. The molecule has 0 saturated heterocycles. The minimum Gasteiger partial charge on any atom is -0.389 e. The molecule has 1 atom stereocenters. The lowest BCUT2D eigenvalue weighted by Crippen LogP contribution is -2.36. The molecular formula is C16H22N2O3. The number of aliphatic hydroxyl groups is 1. The predicted molar refractivity (Wildman–Crippen MR) is 82.0 cm³/mol. The summed E-state index contributed by atoms with van der Waals surface area (Å²) in [7, 11) is 3.16. The van der Waals surface area contributed by atoms with E-state index in [0.29, 0.717) is 5.56 Å². The van der Waals surface area contributed by atoms with Gasteiger partial charge in [-0.3, -0.25) is 4.79 Å². The highest BCUT2D eigenvalue weighted by molar-refractivity contribution is 5.94. The molecule has 0 aliphatic carbocycles. The van der Waals surface area contributed by atoms with Gasteiger partial charge in [0.25, 0.3) is 5.91 Å². The topological polar surface area (TPSA) is 75.8 Å². The summed E-state index contributed by atoms with van der Waals surface area (Å²) in [5, 5.41) is 9.69. The highest BCUT2D eigenvalue weighted by Gasteiger charge is 2.16. The van der Waals surface area contributed by atoms with Gasteiger partial charge in [-0.05, 0) is 30.7 Å². The molecule has 0 saturated carbocycles. The van der Waals surface area contributed by atoms with Crippen LogP contribution in [0.1, 0.15) is 21.5 Å². The minimum absolute atomic E-state index is 0.162. The van der Waals surface area contributed by atoms with Gasteiger partial charge in [0.15, 0.2) is 0 Å². The number of nitrogens with two attached hydrogens (primary N) is 1. The van der Waals surface area contributed by atoms with Gasteiger partial charge < -0.3 is 20.5 Å². The second-order valence-corrected chi connectivity index (χ2v) is 4.89. The largest absolute Gasteiger partial charge is 0.389 e. The van der Waals surface area contributed by atoms with Crippen molar-refractivity contribution in [2.75, 3.05) is 33.9 Å². The molecule has 0 aliphatic rings. The molecule has 0 aromatic heterocycles. The molecule has 1 amide bonds. The summed E-state index contributed by atoms with van der Waals surface area (Å²) in [6.45, 7) is 2.59. The summed E-state index contributed by atoms with van der Waals surface area (Å²) in [6.07, 6.45) is -0.703. The van der Waals surface area contributed by atoms with Crippen molar-refractivity contribution >= 4 is 5.91 Å². The Hall–Kier alpha value is -1.87. The van der Waals surface area contributed by atoms with E-state index in [1.165, 1.54) is 12.0 Å². The molecular weight excluding hydrogens is 268 g/mol. The van der Waals surface area contributed by atoms with Crippen LogP contribution in [0, 0.1) is 18.8 Å². The zero-order chi connectivity index (χ0) is 15.8. The average molecular weight is 290 g/mol. The zero-order valence-corrected chi connectivity index (χ0v) is 12.7. The summed E-state index contributed by atoms with van der Waals surface area (Å²) >= 11 is 0. The molecule has 1 aromatic rings. The molecule has 0 spiro atoms. The molecule has 0 radical (unpaired) electrons. The Morgan fingerprint density at radius 1 is 1.48 bits per heavy atom. The quantitative estimate of drug-likeness (QED) is 0.769. The van der Waals surface area contributed by atoms with Crippen LogP contribution in [0.2, 0.25) is 0 Å². The number of hydrogen-bond donors (Lipinski definition) is 2. The van der Waals surface area contributed by atoms with E-state index in [0.717, 1.165) is 11.1 Å². The van der Waals surface area contributed by atoms with Crippen molar-refractivity contribution in [1.82, 2.24) is 4.90 Å². The third kappa shape index (κ3) is 5.56. The predicted octanol–water partition coefficient (Wildman–Crippen LogP) is 0.385. The molecule has 0 fully saturated rings. The Morgan fingerprint density at radius 2 is 2.19 bits per heavy atom. The van der Waals surface area contributed by atoms with E-state index in [1.54, 1.807) is 19.2 Å². The monoisotopic (exact) mass is 290 g/mol. The van der Waals surface area contributed by atoms with E-state index in [1.807, 2.05) is 13.0 Å². The minimum atomic E-state index is -0.703. The number of ether oxygens (including phenoxy) is 1. The van der Waals surface area contributed by atoms with Gasteiger partial charge in [-0.15, -0.1) is 0 Å². The summed E-state index contributed by atoms with van der Waals surface area (Å²) in [4.78, 5) is 13.8. The maximum Gasteiger partial charge on any atom is 0.253 e. The van der Waals surface area contributed by atoms with Crippen LogP contribution in [0.3, 0.4) is 0 Å². The number of methoxy groups -OCH3 is 1. The first kappa shape index (κ1) is 17.2. The average Bonchev–Trinajstić information content (AvgIpc) is 2.43. The van der Waals surface area contributed by atoms with E-state index in [4.69, 9.17) is 10.5 Å². The maximum atomic E-state index is 12.4. The maximum absolute atomic E-state index is 12.4. The third-order valence-electron chi connectivity index (χ3n) is 2.85. The zero-order valence-electron chi connectivity index (χ0n) is 12.7. The van der Waals surface area contributed by atoms with Gasteiger partial charge in [0.05, 0.1) is 19.3 Å². The first-order valence-electron chi connectivity index (χ1n) is 6.71. The van der Waals surface area contributed by atoms with Crippen LogP contribution in [0.15, 0.2) is 18.2 Å². The van der Waals surface area contributed by atoms with E-state index in [2.05, 4.69) is 11.8 Å². The number of rotatable bonds is 5. The molecule has 5 heteroatoms. The molecule has 5 nitrogen and oxygen atoms in total. The molecule has 0 heterocycles. The van der Waals surface area contributed by atoms with Crippen molar-refractivity contribution in [3.8, 4) is 11.8 Å². The van der Waals surface area contributed by atoms with Gasteiger partial charge in [-0.2, -0.15) is 0 Å². The lowest BCUT2D eigenvalue weighted by molar-refractivity contribution is 0.0380. The number of likely N-dealkylation sites (N-methyl/N-ethyl adjacent to an activating group) is 1. The van der Waals surface area contributed by atoms with Gasteiger partial charge >= 0.3 is 0 Å². The van der Waals surface area contributed by atoms with E-state index >= 15 is 0 Å². The fourth-order valence-electron chi connectivity index (χ4n) is 2.00. The van der Waals surface area contributed by atoms with Crippen molar-refractivity contribution in [3.63, 3.8) is 0 Å². The Morgan fingerprint density at radius 3 is 2.81 bits per heavy atom. The first-order chi connectivity index (χ1) is 9.97. The van der Waals surface area contributed by atoms with Crippen molar-refractivity contribution in [2.24, 2.45) is 5.73 Å². The van der Waals surface area contributed by atoms with Crippen LogP contribution in [0.4, 0.5) is 0 Å². The van der Waals surface area contributed by atoms with E-state index in [-0.39, 0.29) is 25.6 Å². The molecule has 0 aliphatic heterocycles. The van der Waals surface area contributed by atoms with E-state index < -0.39 is 6.10 Å². The number of amides is 1. The Balaban J connectivity index is 2.88. The van der Waals surface area contributed by atoms with E-state index in [9.17, 15) is 9.90 Å². The van der Waals surface area contributed by atoms with Crippen molar-refractivity contribution in [2.45, 2.75) is 13.0 Å². The number of benzene rings is 1.